The monoisotopic (exact) mass is 292 g/mol. The van der Waals surface area contributed by atoms with Gasteiger partial charge in [-0.3, -0.25) is 4.90 Å². The van der Waals surface area contributed by atoms with Gasteiger partial charge in [-0.25, -0.2) is 9.37 Å². The van der Waals surface area contributed by atoms with Crippen molar-refractivity contribution in [3.63, 3.8) is 0 Å². The number of aliphatic hydroxyl groups is 1. The maximum atomic E-state index is 12.9. The third-order valence-corrected chi connectivity index (χ3v) is 3.34. The Labute approximate surface area is 124 Å². The molecule has 1 N–H and O–H groups in total. The molecule has 2 aromatic rings. The van der Waals surface area contributed by atoms with Crippen molar-refractivity contribution in [2.75, 3.05) is 13.2 Å². The molecule has 2 rings (SSSR count). The second kappa shape index (κ2) is 7.33. The Morgan fingerprint density at radius 1 is 1.29 bits per heavy atom. The molecule has 0 saturated carbocycles. The number of aromatic nitrogens is 1. The molecule has 114 valence electrons. The highest BCUT2D eigenvalue weighted by Crippen LogP contribution is 2.20. The first kappa shape index (κ1) is 15.7. The Morgan fingerprint density at radius 3 is 2.62 bits per heavy atom. The highest BCUT2D eigenvalue weighted by molar-refractivity contribution is 5.52. The Morgan fingerprint density at radius 2 is 2.00 bits per heavy atom. The van der Waals surface area contributed by atoms with Gasteiger partial charge in [0.15, 0.2) is 0 Å². The summed E-state index contributed by atoms with van der Waals surface area (Å²) in [5, 5.41) is 8.95. The van der Waals surface area contributed by atoms with Crippen molar-refractivity contribution in [1.82, 2.24) is 9.88 Å². The zero-order valence-electron chi connectivity index (χ0n) is 12.4. The lowest BCUT2D eigenvalue weighted by molar-refractivity contribution is 0.183. The molecule has 21 heavy (non-hydrogen) atoms. The number of nitrogens with zero attached hydrogens (tertiary/aromatic N) is 2. The molecule has 0 fully saturated rings. The molecule has 0 spiro atoms. The normalized spacial score (nSPS) is 11.5. The predicted molar refractivity (Wildman–Crippen MR) is 79.1 cm³/mol. The van der Waals surface area contributed by atoms with Crippen LogP contribution in [0.3, 0.4) is 0 Å². The Bertz CT molecular complexity index is 552. The van der Waals surface area contributed by atoms with Gasteiger partial charge < -0.3 is 9.52 Å². The third kappa shape index (κ3) is 4.37. The number of hydrogen-bond acceptors (Lipinski definition) is 4. The van der Waals surface area contributed by atoms with E-state index in [1.807, 2.05) is 0 Å². The summed E-state index contributed by atoms with van der Waals surface area (Å²) in [6.07, 6.45) is 2.37. The zero-order valence-corrected chi connectivity index (χ0v) is 12.4. The van der Waals surface area contributed by atoms with Crippen LogP contribution in [0.5, 0.6) is 0 Å². The second-order valence-corrected chi connectivity index (χ2v) is 5.29. The number of halogens is 1. The van der Waals surface area contributed by atoms with Crippen LogP contribution >= 0.6 is 0 Å². The van der Waals surface area contributed by atoms with E-state index in [1.165, 1.54) is 12.1 Å². The van der Waals surface area contributed by atoms with E-state index >= 15 is 0 Å². The fourth-order valence-corrected chi connectivity index (χ4v) is 2.11. The molecular weight excluding hydrogens is 271 g/mol. The molecule has 1 heterocycles. The van der Waals surface area contributed by atoms with Gasteiger partial charge in [-0.1, -0.05) is 0 Å². The van der Waals surface area contributed by atoms with E-state index in [0.717, 1.165) is 24.2 Å². The van der Waals surface area contributed by atoms with Crippen molar-refractivity contribution >= 4 is 0 Å². The standard InChI is InChI=1S/C16H21FN2O2/c1-12(2)19(8-3-9-20)10-15-11-21-16(18-15)13-4-6-14(17)7-5-13/h4-7,11-12,20H,3,8-10H2,1-2H3. The molecule has 0 amide bonds. The molecule has 0 bridgehead atoms. The lowest BCUT2D eigenvalue weighted by Crippen LogP contribution is -2.31. The molecule has 5 heteroatoms. The summed E-state index contributed by atoms with van der Waals surface area (Å²) in [5.41, 5.74) is 1.59. The third-order valence-electron chi connectivity index (χ3n) is 3.34. The summed E-state index contributed by atoms with van der Waals surface area (Å²) >= 11 is 0. The van der Waals surface area contributed by atoms with E-state index in [2.05, 4.69) is 23.7 Å². The van der Waals surface area contributed by atoms with Gasteiger partial charge >= 0.3 is 0 Å². The van der Waals surface area contributed by atoms with E-state index in [0.29, 0.717) is 18.5 Å². The number of rotatable bonds is 7. The van der Waals surface area contributed by atoms with E-state index in [4.69, 9.17) is 9.52 Å². The molecule has 0 aliphatic heterocycles. The minimum atomic E-state index is -0.277. The summed E-state index contributed by atoms with van der Waals surface area (Å²) < 4.78 is 18.4. The van der Waals surface area contributed by atoms with Crippen LogP contribution in [0.25, 0.3) is 11.5 Å². The van der Waals surface area contributed by atoms with Gasteiger partial charge in [-0.15, -0.1) is 0 Å². The number of aliphatic hydroxyl groups excluding tert-OH is 1. The minimum absolute atomic E-state index is 0.183. The van der Waals surface area contributed by atoms with Crippen LogP contribution < -0.4 is 0 Å². The van der Waals surface area contributed by atoms with E-state index in [9.17, 15) is 4.39 Å². The number of hydrogen-bond donors (Lipinski definition) is 1. The van der Waals surface area contributed by atoms with Crippen molar-refractivity contribution in [1.29, 1.82) is 0 Å². The summed E-state index contributed by atoms with van der Waals surface area (Å²) in [6, 6.07) is 6.44. The van der Waals surface area contributed by atoms with Gasteiger partial charge in [0, 0.05) is 31.3 Å². The maximum absolute atomic E-state index is 12.9. The van der Waals surface area contributed by atoms with Gasteiger partial charge in [-0.05, 0) is 44.5 Å². The molecule has 0 radical (unpaired) electrons. The smallest absolute Gasteiger partial charge is 0.226 e. The predicted octanol–water partition coefficient (Wildman–Crippen LogP) is 3.07. The largest absolute Gasteiger partial charge is 0.444 e. The summed E-state index contributed by atoms with van der Waals surface area (Å²) in [4.78, 5) is 6.67. The molecular formula is C16H21FN2O2. The van der Waals surface area contributed by atoms with E-state index in [1.54, 1.807) is 18.4 Å². The van der Waals surface area contributed by atoms with Gasteiger partial charge in [0.2, 0.25) is 5.89 Å². The first-order valence-electron chi connectivity index (χ1n) is 7.15. The zero-order chi connectivity index (χ0) is 15.2. The molecule has 0 atom stereocenters. The summed E-state index contributed by atoms with van der Waals surface area (Å²) in [5.74, 6) is 0.219. The Balaban J connectivity index is 2.06. The van der Waals surface area contributed by atoms with E-state index in [-0.39, 0.29) is 12.4 Å². The topological polar surface area (TPSA) is 49.5 Å². The van der Waals surface area contributed by atoms with Crippen LogP contribution in [0.15, 0.2) is 34.9 Å². The maximum Gasteiger partial charge on any atom is 0.226 e. The molecule has 0 saturated heterocycles. The first-order valence-corrected chi connectivity index (χ1v) is 7.15. The van der Waals surface area contributed by atoms with Gasteiger partial charge in [-0.2, -0.15) is 0 Å². The highest BCUT2D eigenvalue weighted by Gasteiger charge is 2.13. The lowest BCUT2D eigenvalue weighted by Gasteiger charge is -2.24. The Kier molecular flexibility index (Phi) is 5.47. The van der Waals surface area contributed by atoms with Crippen molar-refractivity contribution in [2.45, 2.75) is 32.9 Å². The average Bonchev–Trinajstić information content (AvgIpc) is 2.92. The molecule has 0 unspecified atom stereocenters. The Hall–Kier alpha value is -1.72. The van der Waals surface area contributed by atoms with Crippen LogP contribution in [0, 0.1) is 5.82 Å². The fraction of sp³-hybridized carbons (Fsp3) is 0.438. The highest BCUT2D eigenvalue weighted by atomic mass is 19.1. The molecule has 0 aliphatic carbocycles. The van der Waals surface area contributed by atoms with E-state index < -0.39 is 0 Å². The SMILES string of the molecule is CC(C)N(CCCO)Cc1coc(-c2ccc(F)cc2)n1. The molecule has 1 aromatic heterocycles. The number of oxazole rings is 1. The molecule has 0 aliphatic rings. The lowest BCUT2D eigenvalue weighted by atomic mass is 10.2. The first-order chi connectivity index (χ1) is 10.1. The van der Waals surface area contributed by atoms with Crippen molar-refractivity contribution in [3.05, 3.63) is 42.0 Å². The van der Waals surface area contributed by atoms with Gasteiger partial charge in [0.05, 0.1) is 5.69 Å². The van der Waals surface area contributed by atoms with Crippen LogP contribution in [0.4, 0.5) is 4.39 Å². The van der Waals surface area contributed by atoms with Gasteiger partial charge in [0.1, 0.15) is 12.1 Å². The minimum Gasteiger partial charge on any atom is -0.444 e. The van der Waals surface area contributed by atoms with Crippen LogP contribution in [-0.2, 0) is 6.54 Å². The van der Waals surface area contributed by atoms with Crippen LogP contribution in [-0.4, -0.2) is 34.2 Å². The fourth-order valence-electron chi connectivity index (χ4n) is 2.11. The van der Waals surface area contributed by atoms with Gasteiger partial charge in [0.25, 0.3) is 0 Å². The van der Waals surface area contributed by atoms with Crippen molar-refractivity contribution in [2.24, 2.45) is 0 Å². The second-order valence-electron chi connectivity index (χ2n) is 5.29. The van der Waals surface area contributed by atoms with Crippen LogP contribution in [0.1, 0.15) is 26.0 Å². The molecule has 4 nitrogen and oxygen atoms in total. The molecule has 1 aromatic carbocycles. The summed E-state index contributed by atoms with van der Waals surface area (Å²) in [6.45, 7) is 5.88. The van der Waals surface area contributed by atoms with Crippen LogP contribution in [0.2, 0.25) is 0 Å². The quantitative estimate of drug-likeness (QED) is 0.852. The van der Waals surface area contributed by atoms with Crippen molar-refractivity contribution in [3.8, 4) is 11.5 Å². The summed E-state index contributed by atoms with van der Waals surface area (Å²) in [7, 11) is 0. The average molecular weight is 292 g/mol. The number of benzene rings is 1. The van der Waals surface area contributed by atoms with Crippen molar-refractivity contribution < 1.29 is 13.9 Å².